The maximum atomic E-state index is 7.35. The lowest BCUT2D eigenvalue weighted by Crippen LogP contribution is -2.64. The highest BCUT2D eigenvalue weighted by Crippen LogP contribution is 2.39. The van der Waals surface area contributed by atoms with E-state index in [1.165, 1.54) is 12.1 Å². The van der Waals surface area contributed by atoms with Crippen LogP contribution < -0.4 is 16.0 Å². The summed E-state index contributed by atoms with van der Waals surface area (Å²) in [7, 11) is 0. The molecule has 8 heteroatoms. The second-order valence-electron chi connectivity index (χ2n) is 10.6. The van der Waals surface area contributed by atoms with Gasteiger partial charge in [0.05, 0.1) is 5.69 Å². The van der Waals surface area contributed by atoms with Gasteiger partial charge in [0.2, 0.25) is 17.7 Å². The maximum Gasteiger partial charge on any atom is 0.247 e. The first-order valence-electron chi connectivity index (χ1n) is 13.7. The third-order valence-electron chi connectivity index (χ3n) is 8.22. The first kappa shape index (κ1) is 24.6. The van der Waals surface area contributed by atoms with E-state index in [0.717, 1.165) is 62.0 Å². The number of anilines is 2. The van der Waals surface area contributed by atoms with Crippen LogP contribution in [0.1, 0.15) is 44.4 Å². The fourth-order valence-corrected chi connectivity index (χ4v) is 6.15. The summed E-state index contributed by atoms with van der Waals surface area (Å²) in [6.07, 6.45) is 8.47. The Balaban J connectivity index is 1.18. The Morgan fingerprint density at radius 1 is 0.947 bits per heavy atom. The summed E-state index contributed by atoms with van der Waals surface area (Å²) in [6.45, 7) is 3.78. The predicted molar refractivity (Wildman–Crippen MR) is 150 cm³/mol. The average molecular weight is 510 g/mol. The van der Waals surface area contributed by atoms with Gasteiger partial charge in [-0.3, -0.25) is 0 Å². The van der Waals surface area contributed by atoms with E-state index in [1.807, 2.05) is 30.5 Å². The van der Waals surface area contributed by atoms with Crippen molar-refractivity contribution in [2.45, 2.75) is 57.0 Å². The van der Waals surface area contributed by atoms with Crippen molar-refractivity contribution in [3.05, 3.63) is 72.8 Å². The van der Waals surface area contributed by atoms with Gasteiger partial charge in [-0.15, -0.1) is 10.2 Å². The zero-order valence-corrected chi connectivity index (χ0v) is 21.9. The van der Waals surface area contributed by atoms with E-state index in [-0.39, 0.29) is 11.6 Å². The number of nitrogens with one attached hydrogen (secondary N) is 1. The van der Waals surface area contributed by atoms with Crippen molar-refractivity contribution < 1.29 is 4.42 Å². The second-order valence-corrected chi connectivity index (χ2v) is 10.6. The molecule has 1 saturated carbocycles. The highest BCUT2D eigenvalue weighted by Gasteiger charge is 2.45. The third kappa shape index (κ3) is 5.00. The highest BCUT2D eigenvalue weighted by atomic mass is 16.4. The van der Waals surface area contributed by atoms with Gasteiger partial charge in [-0.05, 0) is 61.9 Å². The second kappa shape index (κ2) is 10.5. The molecule has 6 rings (SSSR count). The Morgan fingerprint density at radius 2 is 1.79 bits per heavy atom. The quantitative estimate of drug-likeness (QED) is 0.352. The maximum absolute atomic E-state index is 7.35. The van der Waals surface area contributed by atoms with Gasteiger partial charge in [0.15, 0.2) is 0 Å². The molecular formula is C30H35N7O. The fraction of sp³-hybridized carbons (Fsp3) is 0.400. The van der Waals surface area contributed by atoms with E-state index in [1.54, 1.807) is 6.92 Å². The summed E-state index contributed by atoms with van der Waals surface area (Å²) in [5.74, 6) is 2.17. The van der Waals surface area contributed by atoms with Crippen LogP contribution >= 0.6 is 0 Å². The van der Waals surface area contributed by atoms with E-state index < -0.39 is 0 Å². The summed E-state index contributed by atoms with van der Waals surface area (Å²) in [5, 5.41) is 11.8. The van der Waals surface area contributed by atoms with E-state index >= 15 is 0 Å². The van der Waals surface area contributed by atoms with Gasteiger partial charge in [-0.1, -0.05) is 43.2 Å². The molecule has 1 aliphatic heterocycles. The zero-order valence-electron chi connectivity index (χ0n) is 21.9. The number of nitrogens with two attached hydrogens (primary N) is 1. The Kier molecular flexibility index (Phi) is 6.81. The lowest BCUT2D eigenvalue weighted by atomic mass is 9.67. The minimum absolute atomic E-state index is 0.135. The number of hydrogen-bond acceptors (Lipinski definition) is 8. The number of nitrogens with zero attached hydrogens (tertiary/aromatic N) is 5. The van der Waals surface area contributed by atoms with Gasteiger partial charge in [0.1, 0.15) is 0 Å². The molecule has 0 radical (unpaired) electrons. The number of hydrogen-bond donors (Lipinski definition) is 2. The molecule has 2 unspecified atom stereocenters. The molecule has 0 amide bonds. The minimum Gasteiger partial charge on any atom is -0.421 e. The van der Waals surface area contributed by atoms with Gasteiger partial charge >= 0.3 is 0 Å². The Morgan fingerprint density at radius 3 is 2.58 bits per heavy atom. The van der Waals surface area contributed by atoms with E-state index in [4.69, 9.17) is 15.1 Å². The molecule has 1 aliphatic carbocycles. The summed E-state index contributed by atoms with van der Waals surface area (Å²) in [5.41, 5.74) is 11.2. The molecule has 2 fully saturated rings. The van der Waals surface area contributed by atoms with Crippen LogP contribution in [0.5, 0.6) is 0 Å². The molecule has 3 atom stereocenters. The summed E-state index contributed by atoms with van der Waals surface area (Å²) >= 11 is 0. The molecule has 3 heterocycles. The molecule has 2 aromatic heterocycles. The van der Waals surface area contributed by atoms with E-state index in [0.29, 0.717) is 23.6 Å². The molecule has 8 nitrogen and oxygen atoms in total. The Hall–Kier alpha value is -3.78. The van der Waals surface area contributed by atoms with Crippen LogP contribution in [0, 0.1) is 12.8 Å². The van der Waals surface area contributed by atoms with Crippen molar-refractivity contribution in [3.63, 3.8) is 0 Å². The number of benzene rings is 2. The SMILES string of the molecule is Cc1nnc(-c2ccc(N3CCCC([C@@]4(N)CCCCC4Nc4nccc(-c5ccccc5)n4)C3)cc2)o1. The summed E-state index contributed by atoms with van der Waals surface area (Å²) in [6, 6.07) is 20.8. The molecule has 38 heavy (non-hydrogen) atoms. The van der Waals surface area contributed by atoms with Crippen molar-refractivity contribution in [1.29, 1.82) is 0 Å². The van der Waals surface area contributed by atoms with Crippen molar-refractivity contribution in [2.24, 2.45) is 11.7 Å². The molecule has 2 aliphatic rings. The van der Waals surface area contributed by atoms with E-state index in [2.05, 4.69) is 61.8 Å². The normalized spacial score (nSPS) is 23.8. The largest absolute Gasteiger partial charge is 0.421 e. The number of aromatic nitrogens is 4. The van der Waals surface area contributed by atoms with Crippen molar-refractivity contribution in [3.8, 4) is 22.7 Å². The molecule has 0 spiro atoms. The van der Waals surface area contributed by atoms with Crippen molar-refractivity contribution >= 4 is 11.6 Å². The van der Waals surface area contributed by atoms with Crippen LogP contribution in [0.4, 0.5) is 11.6 Å². The lowest BCUT2D eigenvalue weighted by molar-refractivity contribution is 0.158. The zero-order chi connectivity index (χ0) is 26.0. The summed E-state index contributed by atoms with van der Waals surface area (Å²) < 4.78 is 5.59. The number of rotatable bonds is 6. The highest BCUT2D eigenvalue weighted by molar-refractivity contribution is 5.60. The smallest absolute Gasteiger partial charge is 0.247 e. The number of piperidine rings is 1. The van der Waals surface area contributed by atoms with Crippen LogP contribution in [-0.2, 0) is 0 Å². The van der Waals surface area contributed by atoms with E-state index in [9.17, 15) is 0 Å². The fourth-order valence-electron chi connectivity index (χ4n) is 6.15. The van der Waals surface area contributed by atoms with Gasteiger partial charge in [-0.2, -0.15) is 0 Å². The number of aryl methyl sites for hydroxylation is 1. The average Bonchev–Trinajstić information content (AvgIpc) is 3.41. The van der Waals surface area contributed by atoms with Gasteiger partial charge in [0.25, 0.3) is 0 Å². The Labute approximate surface area is 223 Å². The first-order chi connectivity index (χ1) is 18.6. The predicted octanol–water partition coefficient (Wildman–Crippen LogP) is 5.47. The first-order valence-corrected chi connectivity index (χ1v) is 13.7. The summed E-state index contributed by atoms with van der Waals surface area (Å²) in [4.78, 5) is 11.9. The molecule has 0 bridgehead atoms. The monoisotopic (exact) mass is 509 g/mol. The van der Waals surface area contributed by atoms with Crippen LogP contribution in [0.25, 0.3) is 22.7 Å². The molecule has 4 aromatic rings. The van der Waals surface area contributed by atoms with Crippen LogP contribution in [0.15, 0.2) is 71.3 Å². The molecular weight excluding hydrogens is 474 g/mol. The van der Waals surface area contributed by atoms with Crippen LogP contribution in [-0.4, -0.2) is 44.8 Å². The molecule has 2 aromatic carbocycles. The Bertz CT molecular complexity index is 1360. The molecule has 196 valence electrons. The van der Waals surface area contributed by atoms with Gasteiger partial charge in [0, 0.05) is 54.6 Å². The third-order valence-corrected chi connectivity index (χ3v) is 8.22. The van der Waals surface area contributed by atoms with Crippen LogP contribution in [0.3, 0.4) is 0 Å². The van der Waals surface area contributed by atoms with Gasteiger partial charge in [-0.25, -0.2) is 9.97 Å². The minimum atomic E-state index is -0.315. The van der Waals surface area contributed by atoms with Crippen molar-refractivity contribution in [2.75, 3.05) is 23.3 Å². The lowest BCUT2D eigenvalue weighted by Gasteiger charge is -2.50. The molecule has 3 N–H and O–H groups in total. The van der Waals surface area contributed by atoms with Crippen LogP contribution in [0.2, 0.25) is 0 Å². The topological polar surface area (TPSA) is 106 Å². The molecule has 1 saturated heterocycles. The van der Waals surface area contributed by atoms with Crippen molar-refractivity contribution in [1.82, 2.24) is 20.2 Å². The standard InChI is InChI=1S/C30H35N7O/c1-21-35-36-28(38-21)23-12-14-25(15-13-23)37-19-7-10-24(20-37)30(31)17-6-5-11-27(30)34-29-32-18-16-26(33-29)22-8-3-2-4-9-22/h2-4,8-9,12-16,18,24,27H,5-7,10-11,17,19-20,31H2,1H3,(H,32,33,34)/t24?,27?,30-/m0/s1. The van der Waals surface area contributed by atoms with Gasteiger partial charge < -0.3 is 20.4 Å².